The van der Waals surface area contributed by atoms with Gasteiger partial charge in [0.1, 0.15) is 25.0 Å². The number of rotatable bonds is 7. The van der Waals surface area contributed by atoms with Crippen molar-refractivity contribution in [1.29, 1.82) is 0 Å². The summed E-state index contributed by atoms with van der Waals surface area (Å²) < 4.78 is 50.3. The molecule has 0 saturated heterocycles. The predicted octanol–water partition coefficient (Wildman–Crippen LogP) is 2.45. The van der Waals surface area contributed by atoms with Crippen LogP contribution < -0.4 is 13.7 Å². The van der Waals surface area contributed by atoms with Crippen LogP contribution in [0.25, 0.3) is 5.69 Å². The maximum atomic E-state index is 12.6. The Bertz CT molecular complexity index is 976. The van der Waals surface area contributed by atoms with E-state index in [1.807, 2.05) is 24.3 Å². The zero-order chi connectivity index (χ0) is 18.6. The van der Waals surface area contributed by atoms with Crippen LogP contribution in [0.15, 0.2) is 55.1 Å². The largest absolute Gasteiger partial charge is 0.493 e. The maximum absolute atomic E-state index is 12.6. The third-order valence-electron chi connectivity index (χ3n) is 3.35. The summed E-state index contributed by atoms with van der Waals surface area (Å²) in [5, 5.41) is 4.04. The summed E-state index contributed by atoms with van der Waals surface area (Å²) >= 11 is 0. The Balaban J connectivity index is 1.67. The highest BCUT2D eigenvalue weighted by Gasteiger charge is 2.15. The summed E-state index contributed by atoms with van der Waals surface area (Å²) in [6.45, 7) is 0.266. The molecule has 0 radical (unpaired) electrons. The minimum atomic E-state index is -5.13. The molecule has 0 spiro atoms. The Morgan fingerprint density at radius 2 is 1.88 bits per heavy atom. The van der Waals surface area contributed by atoms with Crippen LogP contribution in [-0.2, 0) is 17.1 Å². The van der Waals surface area contributed by atoms with E-state index in [0.717, 1.165) is 11.3 Å². The number of hydrogen-bond donors (Lipinski definition) is 0. The molecule has 3 aromatic rings. The molecule has 0 atom stereocenters. The van der Waals surface area contributed by atoms with Gasteiger partial charge in [0.15, 0.2) is 11.5 Å². The maximum Gasteiger partial charge on any atom is 0.488 e. The van der Waals surface area contributed by atoms with E-state index in [1.54, 1.807) is 11.0 Å². The Labute approximate surface area is 149 Å². The van der Waals surface area contributed by atoms with E-state index in [-0.39, 0.29) is 18.1 Å². The first-order valence-corrected chi connectivity index (χ1v) is 8.64. The number of benzene rings is 2. The summed E-state index contributed by atoms with van der Waals surface area (Å²) in [6, 6.07) is 11.6. The summed E-state index contributed by atoms with van der Waals surface area (Å²) in [4.78, 5) is 3.89. The van der Waals surface area contributed by atoms with Gasteiger partial charge in [-0.15, -0.1) is 0 Å². The van der Waals surface area contributed by atoms with E-state index in [9.17, 15) is 12.3 Å². The van der Waals surface area contributed by atoms with E-state index in [0.29, 0.717) is 5.75 Å². The van der Waals surface area contributed by atoms with Gasteiger partial charge in [0.2, 0.25) is 0 Å². The first-order valence-electron chi connectivity index (χ1n) is 7.33. The van der Waals surface area contributed by atoms with Crippen molar-refractivity contribution in [3.63, 3.8) is 0 Å². The molecule has 0 aliphatic carbocycles. The van der Waals surface area contributed by atoms with Gasteiger partial charge in [-0.05, 0) is 29.8 Å². The van der Waals surface area contributed by atoms with Gasteiger partial charge in [-0.3, -0.25) is 0 Å². The van der Waals surface area contributed by atoms with Crippen LogP contribution in [0.1, 0.15) is 5.56 Å². The molecule has 136 valence electrons. The number of methoxy groups -OCH3 is 1. The lowest BCUT2D eigenvalue weighted by molar-refractivity contribution is 0.302. The molecule has 0 bridgehead atoms. The second-order valence-corrected chi connectivity index (χ2v) is 6.04. The average molecular weight is 379 g/mol. The Morgan fingerprint density at radius 1 is 1.12 bits per heavy atom. The van der Waals surface area contributed by atoms with Gasteiger partial charge in [0.25, 0.3) is 0 Å². The van der Waals surface area contributed by atoms with Gasteiger partial charge in [-0.25, -0.2) is 9.67 Å². The number of hydrogen-bond acceptors (Lipinski definition) is 7. The molecule has 1 aromatic heterocycles. The highest BCUT2D eigenvalue weighted by atomic mass is 32.3. The summed E-state index contributed by atoms with van der Waals surface area (Å²) in [5.74, 6) is 0.176. The van der Waals surface area contributed by atoms with Gasteiger partial charge in [-0.1, -0.05) is 16.0 Å². The molecule has 0 fully saturated rings. The molecule has 26 heavy (non-hydrogen) atoms. The molecule has 0 aliphatic rings. The van der Waals surface area contributed by atoms with Gasteiger partial charge in [0.05, 0.1) is 12.8 Å². The van der Waals surface area contributed by atoms with Crippen molar-refractivity contribution >= 4 is 10.5 Å². The van der Waals surface area contributed by atoms with Crippen molar-refractivity contribution in [2.75, 3.05) is 7.11 Å². The molecule has 1 heterocycles. The number of nitrogens with zero attached hydrogens (tertiary/aromatic N) is 3. The predicted molar refractivity (Wildman–Crippen MR) is 89.3 cm³/mol. The number of halogens is 1. The lowest BCUT2D eigenvalue weighted by Gasteiger charge is -2.11. The SMILES string of the molecule is COc1cc(OCc2ccc(-n3cncn3)cc2)ccc1OS(=O)(=O)F. The second kappa shape index (κ2) is 7.40. The zero-order valence-corrected chi connectivity index (χ0v) is 14.4. The van der Waals surface area contributed by atoms with Crippen LogP contribution in [0.4, 0.5) is 3.89 Å². The van der Waals surface area contributed by atoms with Crippen LogP contribution >= 0.6 is 0 Å². The standard InChI is InChI=1S/C16H14FN3O5S/c1-23-16-8-14(6-7-15(16)25-26(17,21)22)24-9-12-2-4-13(5-3-12)20-11-18-10-19-20/h2-8,10-11H,9H2,1H3. The molecule has 3 rings (SSSR count). The third-order valence-corrected chi connectivity index (χ3v) is 3.73. The van der Waals surface area contributed by atoms with Crippen molar-refractivity contribution in [3.8, 4) is 22.9 Å². The summed E-state index contributed by atoms with van der Waals surface area (Å²) in [7, 11) is -3.83. The summed E-state index contributed by atoms with van der Waals surface area (Å²) in [5.41, 5.74) is 1.77. The average Bonchev–Trinajstić information content (AvgIpc) is 3.14. The van der Waals surface area contributed by atoms with E-state index in [2.05, 4.69) is 14.3 Å². The second-order valence-electron chi connectivity index (χ2n) is 5.08. The Morgan fingerprint density at radius 3 is 2.50 bits per heavy atom. The molecular formula is C16H14FN3O5S. The third kappa shape index (κ3) is 4.48. The summed E-state index contributed by atoms with van der Waals surface area (Å²) in [6.07, 6.45) is 3.05. The van der Waals surface area contributed by atoms with Crippen molar-refractivity contribution in [3.05, 3.63) is 60.7 Å². The molecular weight excluding hydrogens is 365 g/mol. The van der Waals surface area contributed by atoms with Crippen molar-refractivity contribution in [2.45, 2.75) is 6.61 Å². The molecule has 2 aromatic carbocycles. The van der Waals surface area contributed by atoms with Gasteiger partial charge in [-0.2, -0.15) is 13.5 Å². The van der Waals surface area contributed by atoms with Gasteiger partial charge >= 0.3 is 10.5 Å². The van der Waals surface area contributed by atoms with Gasteiger partial charge < -0.3 is 13.7 Å². The lowest BCUT2D eigenvalue weighted by atomic mass is 10.2. The lowest BCUT2D eigenvalue weighted by Crippen LogP contribution is -2.03. The zero-order valence-electron chi connectivity index (χ0n) is 13.6. The highest BCUT2D eigenvalue weighted by molar-refractivity contribution is 7.81. The van der Waals surface area contributed by atoms with Crippen molar-refractivity contribution in [1.82, 2.24) is 14.8 Å². The van der Waals surface area contributed by atoms with Crippen LogP contribution in [-0.4, -0.2) is 30.3 Å². The molecule has 0 amide bonds. The monoisotopic (exact) mass is 379 g/mol. The van der Waals surface area contributed by atoms with E-state index in [4.69, 9.17) is 9.47 Å². The Hall–Kier alpha value is -3.14. The minimum Gasteiger partial charge on any atom is -0.493 e. The molecule has 0 N–H and O–H groups in total. The molecule has 0 saturated carbocycles. The Kier molecular flexibility index (Phi) is 5.03. The topological polar surface area (TPSA) is 92.5 Å². The molecule has 0 aliphatic heterocycles. The van der Waals surface area contributed by atoms with Gasteiger partial charge in [0, 0.05) is 6.07 Å². The smallest absolute Gasteiger partial charge is 0.488 e. The van der Waals surface area contributed by atoms with E-state index < -0.39 is 10.5 Å². The first kappa shape index (κ1) is 17.7. The van der Waals surface area contributed by atoms with Crippen LogP contribution in [0.2, 0.25) is 0 Å². The quantitative estimate of drug-likeness (QED) is 0.582. The first-order chi connectivity index (χ1) is 12.4. The number of ether oxygens (including phenoxy) is 2. The minimum absolute atomic E-state index is 0.0326. The van der Waals surface area contributed by atoms with E-state index in [1.165, 1.54) is 31.6 Å². The van der Waals surface area contributed by atoms with E-state index >= 15 is 0 Å². The van der Waals surface area contributed by atoms with Crippen molar-refractivity contribution < 1.29 is 26.0 Å². The van der Waals surface area contributed by atoms with Crippen LogP contribution in [0.5, 0.6) is 17.2 Å². The molecule has 10 heteroatoms. The van der Waals surface area contributed by atoms with Crippen LogP contribution in [0.3, 0.4) is 0 Å². The normalized spacial score (nSPS) is 11.2. The molecule has 8 nitrogen and oxygen atoms in total. The fraction of sp³-hybridized carbons (Fsp3) is 0.125. The van der Waals surface area contributed by atoms with Crippen LogP contribution in [0, 0.1) is 0 Å². The fourth-order valence-corrected chi connectivity index (χ4v) is 2.52. The molecule has 0 unspecified atom stereocenters. The highest BCUT2D eigenvalue weighted by Crippen LogP contribution is 2.32. The number of aromatic nitrogens is 3. The fourth-order valence-electron chi connectivity index (χ4n) is 2.17. The van der Waals surface area contributed by atoms with Crippen molar-refractivity contribution in [2.24, 2.45) is 0 Å².